The Morgan fingerprint density at radius 2 is 2.23 bits per heavy atom. The topological polar surface area (TPSA) is 38.9 Å². The summed E-state index contributed by atoms with van der Waals surface area (Å²) in [7, 11) is 0. The van der Waals surface area contributed by atoms with Crippen molar-refractivity contribution in [1.29, 1.82) is 0 Å². The second kappa shape index (κ2) is 4.19. The molecule has 1 aromatic heterocycles. The number of nitrogens with zero attached hydrogens (tertiary/aromatic N) is 1. The monoisotopic (exact) mass is 270 g/mol. The quantitative estimate of drug-likeness (QED) is 0.840. The fourth-order valence-corrected chi connectivity index (χ4v) is 1.53. The van der Waals surface area contributed by atoms with Crippen molar-refractivity contribution in [2.45, 2.75) is 12.3 Å². The number of pyridine rings is 1. The Hall–Kier alpha value is -0.420. The molecule has 0 radical (unpaired) electrons. The number of aromatic nitrogens is 1. The predicted octanol–water partition coefficient (Wildman–Crippen LogP) is 3.10. The van der Waals surface area contributed by atoms with Gasteiger partial charge in [-0.1, -0.05) is 0 Å². The molecule has 0 bridgehead atoms. The third-order valence-corrected chi connectivity index (χ3v) is 2.66. The Bertz CT molecular complexity index is 320. The maximum absolute atomic E-state index is 12.3. The van der Waals surface area contributed by atoms with Crippen molar-refractivity contribution < 1.29 is 8.78 Å². The number of anilines is 1. The minimum Gasteiger partial charge on any atom is -0.396 e. The van der Waals surface area contributed by atoms with Gasteiger partial charge in [0, 0.05) is 6.20 Å². The van der Waals surface area contributed by atoms with Crippen LogP contribution in [-0.2, 0) is 5.88 Å². The first-order valence-electron chi connectivity index (χ1n) is 3.34. The highest BCUT2D eigenvalue weighted by Crippen LogP contribution is 2.32. The Morgan fingerprint density at radius 1 is 1.62 bits per heavy atom. The van der Waals surface area contributed by atoms with Gasteiger partial charge in [0.1, 0.15) is 0 Å². The van der Waals surface area contributed by atoms with Gasteiger partial charge in [-0.15, -0.1) is 11.6 Å². The summed E-state index contributed by atoms with van der Waals surface area (Å²) in [6.45, 7) is 0. The second-order valence-corrected chi connectivity index (χ2v) is 3.38. The molecule has 0 unspecified atom stereocenters. The summed E-state index contributed by atoms with van der Waals surface area (Å²) in [6.07, 6.45) is -1.52. The van der Waals surface area contributed by atoms with Crippen molar-refractivity contribution in [3.63, 3.8) is 0 Å². The van der Waals surface area contributed by atoms with E-state index in [9.17, 15) is 8.78 Å². The van der Waals surface area contributed by atoms with Crippen LogP contribution in [0, 0.1) is 0 Å². The lowest BCUT2D eigenvalue weighted by atomic mass is 10.2. The van der Waals surface area contributed by atoms with Gasteiger partial charge in [-0.25, -0.2) is 8.78 Å². The van der Waals surface area contributed by atoms with E-state index in [1.807, 2.05) is 0 Å². The first kappa shape index (κ1) is 10.7. The van der Waals surface area contributed by atoms with Crippen molar-refractivity contribution in [1.82, 2.24) is 4.98 Å². The number of alkyl halides is 3. The van der Waals surface area contributed by atoms with Crippen molar-refractivity contribution in [3.05, 3.63) is 21.9 Å². The summed E-state index contributed by atoms with van der Waals surface area (Å²) < 4.78 is 24.7. The van der Waals surface area contributed by atoms with E-state index >= 15 is 0 Å². The van der Waals surface area contributed by atoms with E-state index in [-0.39, 0.29) is 21.6 Å². The number of nitrogens with two attached hydrogens (primary N) is 1. The lowest BCUT2D eigenvalue weighted by molar-refractivity contribution is 0.150. The molecule has 0 aliphatic carbocycles. The summed E-state index contributed by atoms with van der Waals surface area (Å²) in [6, 6.07) is 0. The number of hydrogen-bond donors (Lipinski definition) is 1. The molecule has 1 heterocycles. The largest absolute Gasteiger partial charge is 0.396 e. The number of halogens is 4. The molecule has 0 aliphatic heterocycles. The molecule has 0 saturated heterocycles. The molecule has 2 N–H and O–H groups in total. The molecule has 0 amide bonds. The third kappa shape index (κ3) is 2.08. The molecule has 0 aliphatic rings. The molecule has 1 rings (SSSR count). The van der Waals surface area contributed by atoms with Crippen LogP contribution in [0.4, 0.5) is 14.5 Å². The van der Waals surface area contributed by atoms with Gasteiger partial charge in [0.15, 0.2) is 0 Å². The van der Waals surface area contributed by atoms with Gasteiger partial charge in [-0.3, -0.25) is 4.98 Å². The van der Waals surface area contributed by atoms with E-state index < -0.39 is 6.43 Å². The minimum absolute atomic E-state index is 0.105. The molecular formula is C7H6BrClF2N2. The van der Waals surface area contributed by atoms with E-state index in [1.54, 1.807) is 0 Å². The zero-order valence-corrected chi connectivity index (χ0v) is 8.74. The highest BCUT2D eigenvalue weighted by Gasteiger charge is 2.16. The fraction of sp³-hybridized carbons (Fsp3) is 0.286. The molecule has 0 atom stereocenters. The smallest absolute Gasteiger partial charge is 0.266 e. The lowest BCUT2D eigenvalue weighted by Gasteiger charge is -2.08. The van der Waals surface area contributed by atoms with Crippen LogP contribution >= 0.6 is 27.5 Å². The van der Waals surface area contributed by atoms with Crippen LogP contribution in [-0.4, -0.2) is 4.98 Å². The average Bonchev–Trinajstić information content (AvgIpc) is 2.09. The average molecular weight is 271 g/mol. The predicted molar refractivity (Wildman–Crippen MR) is 50.9 cm³/mol. The summed E-state index contributed by atoms with van der Waals surface area (Å²) in [5.74, 6) is 0.105. The van der Waals surface area contributed by atoms with Crippen molar-refractivity contribution in [2.24, 2.45) is 0 Å². The molecular weight excluding hydrogens is 265 g/mol. The fourth-order valence-electron chi connectivity index (χ4n) is 0.814. The molecule has 0 spiro atoms. The number of rotatable bonds is 2. The first-order valence-corrected chi connectivity index (χ1v) is 4.67. The standard InChI is InChI=1S/C7H6BrClF2N2/c8-5-3(7(10)11)2-13-4(1-9)6(5)12/h2,7H,1,12H2. The van der Waals surface area contributed by atoms with Gasteiger partial charge in [0.05, 0.1) is 27.3 Å². The maximum atomic E-state index is 12.3. The Labute approximate surface area is 87.2 Å². The van der Waals surface area contributed by atoms with E-state index in [2.05, 4.69) is 20.9 Å². The van der Waals surface area contributed by atoms with Gasteiger partial charge in [-0.05, 0) is 15.9 Å². The van der Waals surface area contributed by atoms with Gasteiger partial charge < -0.3 is 5.73 Å². The van der Waals surface area contributed by atoms with Gasteiger partial charge in [-0.2, -0.15) is 0 Å². The number of nitrogen functional groups attached to an aromatic ring is 1. The zero-order chi connectivity index (χ0) is 10.0. The van der Waals surface area contributed by atoms with Crippen molar-refractivity contribution in [3.8, 4) is 0 Å². The Balaban J connectivity index is 3.23. The van der Waals surface area contributed by atoms with Crippen molar-refractivity contribution in [2.75, 3.05) is 5.73 Å². The minimum atomic E-state index is -2.59. The molecule has 72 valence electrons. The molecule has 1 aromatic rings. The summed E-state index contributed by atoms with van der Waals surface area (Å²) >= 11 is 8.45. The van der Waals surface area contributed by atoms with Crippen LogP contribution in [0.25, 0.3) is 0 Å². The highest BCUT2D eigenvalue weighted by atomic mass is 79.9. The second-order valence-electron chi connectivity index (χ2n) is 2.32. The van der Waals surface area contributed by atoms with E-state index in [0.29, 0.717) is 5.69 Å². The molecule has 0 saturated carbocycles. The van der Waals surface area contributed by atoms with Gasteiger partial charge >= 0.3 is 0 Å². The Morgan fingerprint density at radius 3 is 2.69 bits per heavy atom. The van der Waals surface area contributed by atoms with E-state index in [1.165, 1.54) is 0 Å². The van der Waals surface area contributed by atoms with Crippen LogP contribution in [0.3, 0.4) is 0 Å². The lowest BCUT2D eigenvalue weighted by Crippen LogP contribution is -2.00. The van der Waals surface area contributed by atoms with Crippen molar-refractivity contribution >= 4 is 33.2 Å². The highest BCUT2D eigenvalue weighted by molar-refractivity contribution is 9.10. The molecule has 0 aromatic carbocycles. The van der Waals surface area contributed by atoms with Crippen LogP contribution in [0.2, 0.25) is 0 Å². The molecule has 13 heavy (non-hydrogen) atoms. The third-order valence-electron chi connectivity index (χ3n) is 1.52. The van der Waals surface area contributed by atoms with E-state index in [4.69, 9.17) is 17.3 Å². The maximum Gasteiger partial charge on any atom is 0.266 e. The van der Waals surface area contributed by atoms with Crippen LogP contribution < -0.4 is 5.73 Å². The summed E-state index contributed by atoms with van der Waals surface area (Å²) in [4.78, 5) is 3.71. The first-order chi connectivity index (χ1) is 6.07. The van der Waals surface area contributed by atoms with Gasteiger partial charge in [0.25, 0.3) is 6.43 Å². The molecule has 6 heteroatoms. The van der Waals surface area contributed by atoms with E-state index in [0.717, 1.165) is 6.20 Å². The number of hydrogen-bond acceptors (Lipinski definition) is 2. The molecule has 0 fully saturated rings. The van der Waals surface area contributed by atoms with Crippen LogP contribution in [0.5, 0.6) is 0 Å². The van der Waals surface area contributed by atoms with Crippen LogP contribution in [0.15, 0.2) is 10.7 Å². The summed E-state index contributed by atoms with van der Waals surface area (Å²) in [5, 5.41) is 0. The normalized spacial score (nSPS) is 10.8. The Kier molecular flexibility index (Phi) is 3.44. The zero-order valence-electron chi connectivity index (χ0n) is 6.40. The summed E-state index contributed by atoms with van der Waals surface area (Å²) in [5.41, 5.74) is 5.86. The SMILES string of the molecule is Nc1c(CCl)ncc(C(F)F)c1Br. The van der Waals surface area contributed by atoms with Gasteiger partial charge in [0.2, 0.25) is 0 Å². The molecule has 2 nitrogen and oxygen atoms in total. The van der Waals surface area contributed by atoms with Crippen LogP contribution in [0.1, 0.15) is 17.7 Å².